The summed E-state index contributed by atoms with van der Waals surface area (Å²) in [7, 11) is -3.98. The van der Waals surface area contributed by atoms with Crippen LogP contribution in [0.5, 0.6) is 0 Å². The summed E-state index contributed by atoms with van der Waals surface area (Å²) >= 11 is 1.17. The van der Waals surface area contributed by atoms with E-state index in [0.29, 0.717) is 5.69 Å². The van der Waals surface area contributed by atoms with Gasteiger partial charge in [-0.3, -0.25) is 9.52 Å². The largest absolute Gasteiger partial charge is 0.329 e. The van der Waals surface area contributed by atoms with Gasteiger partial charge in [0.1, 0.15) is 0 Å². The van der Waals surface area contributed by atoms with Gasteiger partial charge in [-0.25, -0.2) is 17.9 Å². The number of sulfonamides is 1. The molecule has 7 nitrogen and oxygen atoms in total. The third-order valence-electron chi connectivity index (χ3n) is 4.41. The number of amides is 3. The highest BCUT2D eigenvalue weighted by Crippen LogP contribution is 2.16. The molecule has 3 rings (SSSR count). The lowest BCUT2D eigenvalue weighted by molar-refractivity contribution is 0.0981. The SMILES string of the molecule is CCCc1ccc(S(=O)(=O)NC(=O)c2ccc(NC(=O)NSc3ccccc3)cc2)cc1. The van der Waals surface area contributed by atoms with E-state index in [2.05, 4.69) is 14.8 Å². The molecular formula is C23H23N3O4S2. The summed E-state index contributed by atoms with van der Waals surface area (Å²) in [6.45, 7) is 2.04. The van der Waals surface area contributed by atoms with Crippen LogP contribution in [0.25, 0.3) is 0 Å². The van der Waals surface area contributed by atoms with Crippen LogP contribution in [0, 0.1) is 0 Å². The molecule has 0 heterocycles. The number of carbonyl (C=O) groups excluding carboxylic acids is 2. The van der Waals surface area contributed by atoms with Gasteiger partial charge in [-0.2, -0.15) is 0 Å². The molecule has 0 saturated carbocycles. The molecule has 0 saturated heterocycles. The van der Waals surface area contributed by atoms with E-state index in [1.807, 2.05) is 37.3 Å². The number of carbonyl (C=O) groups is 2. The summed E-state index contributed by atoms with van der Waals surface area (Å²) in [6, 6.07) is 21.3. The molecule has 0 bridgehead atoms. The van der Waals surface area contributed by atoms with Gasteiger partial charge in [0.05, 0.1) is 4.90 Å². The molecule has 3 aromatic carbocycles. The summed E-state index contributed by atoms with van der Waals surface area (Å²) in [5.74, 6) is -0.752. The molecule has 0 aliphatic rings. The molecule has 0 atom stereocenters. The van der Waals surface area contributed by atoms with Crippen molar-refractivity contribution in [3.05, 3.63) is 90.0 Å². The Hall–Kier alpha value is -3.30. The first-order valence-corrected chi connectivity index (χ1v) is 12.2. The zero-order chi connectivity index (χ0) is 23.0. The fourth-order valence-corrected chi connectivity index (χ4v) is 4.35. The predicted octanol–water partition coefficient (Wildman–Crippen LogP) is 4.59. The molecule has 166 valence electrons. The maximum Gasteiger partial charge on any atom is 0.329 e. The van der Waals surface area contributed by atoms with Crippen LogP contribution in [0.4, 0.5) is 10.5 Å². The second-order valence-electron chi connectivity index (χ2n) is 6.88. The van der Waals surface area contributed by atoms with E-state index in [9.17, 15) is 18.0 Å². The van der Waals surface area contributed by atoms with Gasteiger partial charge in [0, 0.05) is 16.1 Å². The van der Waals surface area contributed by atoms with Gasteiger partial charge < -0.3 is 5.32 Å². The summed E-state index contributed by atoms with van der Waals surface area (Å²) in [6.07, 6.45) is 1.82. The normalized spacial score (nSPS) is 10.9. The minimum Gasteiger partial charge on any atom is -0.307 e. The predicted molar refractivity (Wildman–Crippen MR) is 126 cm³/mol. The van der Waals surface area contributed by atoms with E-state index >= 15 is 0 Å². The van der Waals surface area contributed by atoms with E-state index in [1.54, 1.807) is 12.1 Å². The Morgan fingerprint density at radius 3 is 2.16 bits per heavy atom. The molecule has 0 radical (unpaired) electrons. The molecule has 9 heteroatoms. The average Bonchev–Trinajstić information content (AvgIpc) is 2.79. The van der Waals surface area contributed by atoms with E-state index < -0.39 is 22.0 Å². The maximum atomic E-state index is 12.5. The Bertz CT molecular complexity index is 1160. The molecule has 32 heavy (non-hydrogen) atoms. The number of benzene rings is 3. The van der Waals surface area contributed by atoms with Crippen molar-refractivity contribution in [2.75, 3.05) is 5.32 Å². The number of hydrogen-bond acceptors (Lipinski definition) is 5. The van der Waals surface area contributed by atoms with E-state index in [1.165, 1.54) is 48.3 Å². The summed E-state index contributed by atoms with van der Waals surface area (Å²) in [5, 5.41) is 2.65. The molecule has 3 N–H and O–H groups in total. The van der Waals surface area contributed by atoms with Gasteiger partial charge in [-0.1, -0.05) is 43.7 Å². The summed E-state index contributed by atoms with van der Waals surface area (Å²) in [5.41, 5.74) is 1.65. The second kappa shape index (κ2) is 10.8. The van der Waals surface area contributed by atoms with Gasteiger partial charge in [-0.05, 0) is 72.5 Å². The quantitative estimate of drug-likeness (QED) is 0.419. The van der Waals surface area contributed by atoms with Gasteiger partial charge in [-0.15, -0.1) is 0 Å². The van der Waals surface area contributed by atoms with E-state index in [-0.39, 0.29) is 10.5 Å². The third kappa shape index (κ3) is 6.60. The first-order valence-electron chi connectivity index (χ1n) is 9.92. The Labute approximate surface area is 191 Å². The van der Waals surface area contributed by atoms with Crippen LogP contribution in [0.3, 0.4) is 0 Å². The highest BCUT2D eigenvalue weighted by atomic mass is 32.2. The van der Waals surface area contributed by atoms with Crippen LogP contribution < -0.4 is 14.8 Å². The monoisotopic (exact) mass is 469 g/mol. The second-order valence-corrected chi connectivity index (χ2v) is 9.44. The van der Waals surface area contributed by atoms with Crippen LogP contribution in [0.2, 0.25) is 0 Å². The molecule has 0 aliphatic carbocycles. The standard InChI is InChI=1S/C23H23N3O4S2/c1-2-6-17-9-15-21(16-10-17)32(29,30)26-22(27)18-11-13-19(14-12-18)24-23(28)25-31-20-7-4-3-5-8-20/h3-5,7-16H,2,6H2,1H3,(H,26,27)(H2,24,25,28). The Balaban J connectivity index is 1.56. The lowest BCUT2D eigenvalue weighted by Gasteiger charge is -2.09. The van der Waals surface area contributed by atoms with Gasteiger partial charge in [0.25, 0.3) is 15.9 Å². The molecule has 3 amide bonds. The van der Waals surface area contributed by atoms with Crippen molar-refractivity contribution in [3.63, 3.8) is 0 Å². The van der Waals surface area contributed by atoms with Crippen molar-refractivity contribution >= 4 is 39.6 Å². The Morgan fingerprint density at radius 2 is 1.53 bits per heavy atom. The molecule has 0 fully saturated rings. The van der Waals surface area contributed by atoms with Crippen LogP contribution in [0.1, 0.15) is 29.3 Å². The van der Waals surface area contributed by atoms with Gasteiger partial charge in [0.15, 0.2) is 0 Å². The van der Waals surface area contributed by atoms with E-state index in [4.69, 9.17) is 0 Å². The Morgan fingerprint density at radius 1 is 0.875 bits per heavy atom. The smallest absolute Gasteiger partial charge is 0.307 e. The number of urea groups is 1. The zero-order valence-electron chi connectivity index (χ0n) is 17.4. The fraction of sp³-hybridized carbons (Fsp3) is 0.130. The molecule has 0 aliphatic heterocycles. The minimum atomic E-state index is -3.98. The van der Waals surface area contributed by atoms with Crippen LogP contribution in [0.15, 0.2) is 88.7 Å². The first kappa shape index (κ1) is 23.4. The maximum absolute atomic E-state index is 12.5. The molecule has 0 spiro atoms. The molecule has 0 unspecified atom stereocenters. The van der Waals surface area contributed by atoms with Crippen molar-refractivity contribution in [1.82, 2.24) is 9.44 Å². The summed E-state index contributed by atoms with van der Waals surface area (Å²) in [4.78, 5) is 25.3. The first-order chi connectivity index (χ1) is 15.4. The van der Waals surface area contributed by atoms with Crippen molar-refractivity contribution < 1.29 is 18.0 Å². The highest BCUT2D eigenvalue weighted by molar-refractivity contribution is 7.98. The van der Waals surface area contributed by atoms with E-state index in [0.717, 1.165) is 23.3 Å². The average molecular weight is 470 g/mol. The van der Waals surface area contributed by atoms with Gasteiger partial charge >= 0.3 is 6.03 Å². The Kier molecular flexibility index (Phi) is 7.91. The third-order valence-corrected chi connectivity index (χ3v) is 6.55. The van der Waals surface area contributed by atoms with Crippen molar-refractivity contribution in [2.45, 2.75) is 29.6 Å². The van der Waals surface area contributed by atoms with Crippen molar-refractivity contribution in [2.24, 2.45) is 0 Å². The highest BCUT2D eigenvalue weighted by Gasteiger charge is 2.18. The summed E-state index contributed by atoms with van der Waals surface area (Å²) < 4.78 is 29.7. The van der Waals surface area contributed by atoms with Gasteiger partial charge in [0.2, 0.25) is 0 Å². The lowest BCUT2D eigenvalue weighted by atomic mass is 10.1. The zero-order valence-corrected chi connectivity index (χ0v) is 19.0. The minimum absolute atomic E-state index is 0.0246. The molecule has 0 aromatic heterocycles. The number of rotatable bonds is 8. The van der Waals surface area contributed by atoms with Crippen LogP contribution >= 0.6 is 11.9 Å². The number of anilines is 1. The number of aryl methyl sites for hydroxylation is 1. The number of nitrogens with one attached hydrogen (secondary N) is 3. The van der Waals surface area contributed by atoms with Crippen LogP contribution in [-0.4, -0.2) is 20.4 Å². The number of hydrogen-bond donors (Lipinski definition) is 3. The van der Waals surface area contributed by atoms with Crippen molar-refractivity contribution in [3.8, 4) is 0 Å². The molecular weight excluding hydrogens is 446 g/mol. The lowest BCUT2D eigenvalue weighted by Crippen LogP contribution is -2.30. The van der Waals surface area contributed by atoms with Crippen molar-refractivity contribution in [1.29, 1.82) is 0 Å². The topological polar surface area (TPSA) is 104 Å². The van der Waals surface area contributed by atoms with Crippen LogP contribution in [-0.2, 0) is 16.4 Å². The fourth-order valence-electron chi connectivity index (χ4n) is 2.82. The molecule has 3 aromatic rings.